The van der Waals surface area contributed by atoms with E-state index in [1.165, 1.54) is 11.9 Å². The molecular formula is C20H19N5O3S. The first-order chi connectivity index (χ1) is 13.8. The first kappa shape index (κ1) is 19.0. The van der Waals surface area contributed by atoms with E-state index >= 15 is 0 Å². The van der Waals surface area contributed by atoms with Crippen LogP contribution in [0.25, 0.3) is 11.0 Å². The summed E-state index contributed by atoms with van der Waals surface area (Å²) in [6, 6.07) is 12.4. The molecule has 0 saturated heterocycles. The third kappa shape index (κ3) is 3.95. The van der Waals surface area contributed by atoms with Crippen molar-refractivity contribution >= 4 is 38.4 Å². The third-order valence-corrected chi connectivity index (χ3v) is 5.24. The molecule has 8 nitrogen and oxygen atoms in total. The Kier molecular flexibility index (Phi) is 4.75. The van der Waals surface area contributed by atoms with Crippen molar-refractivity contribution in [3.63, 3.8) is 0 Å². The molecule has 148 valence electrons. The van der Waals surface area contributed by atoms with Crippen LogP contribution in [0.2, 0.25) is 0 Å². The summed E-state index contributed by atoms with van der Waals surface area (Å²) < 4.78 is 26.0. The highest BCUT2D eigenvalue weighted by atomic mass is 32.2. The van der Waals surface area contributed by atoms with E-state index in [0.717, 1.165) is 22.9 Å². The van der Waals surface area contributed by atoms with E-state index in [4.69, 9.17) is 0 Å². The number of nitrogens with zero attached hydrogens (tertiary/aromatic N) is 4. The summed E-state index contributed by atoms with van der Waals surface area (Å²) in [5.41, 5.74) is 4.11. The highest BCUT2D eigenvalue weighted by molar-refractivity contribution is 7.92. The quantitative estimate of drug-likeness (QED) is 0.713. The molecule has 2 heterocycles. The number of amides is 1. The molecule has 9 heteroatoms. The van der Waals surface area contributed by atoms with Crippen LogP contribution in [-0.4, -0.2) is 41.3 Å². The minimum Gasteiger partial charge on any atom is -0.283 e. The van der Waals surface area contributed by atoms with Gasteiger partial charge in [-0.2, -0.15) is 5.10 Å². The minimum absolute atomic E-state index is 0.196. The molecule has 0 aliphatic carbocycles. The summed E-state index contributed by atoms with van der Waals surface area (Å²) in [6.45, 7) is 1.46. The molecule has 29 heavy (non-hydrogen) atoms. The predicted molar refractivity (Wildman–Crippen MR) is 111 cm³/mol. The number of hydrazone groups is 1. The molecule has 1 amide bonds. The van der Waals surface area contributed by atoms with Gasteiger partial charge in [-0.15, -0.1) is 0 Å². The fourth-order valence-corrected chi connectivity index (χ4v) is 4.01. The summed E-state index contributed by atoms with van der Waals surface area (Å²) in [5.74, 6) is -0.196. The first-order valence-electron chi connectivity index (χ1n) is 8.97. The fraction of sp³-hybridized carbons (Fsp3) is 0.200. The zero-order valence-corrected chi connectivity index (χ0v) is 16.7. The maximum absolute atomic E-state index is 12.3. The van der Waals surface area contributed by atoms with E-state index in [1.54, 1.807) is 30.6 Å². The average molecular weight is 409 g/mol. The molecule has 0 unspecified atom stereocenters. The SMILES string of the molecule is CC(=O)N1N=C(c2ccccc2NS(C)(=O)=O)C[C@@H]1c1ccc2nccnc2c1. The van der Waals surface area contributed by atoms with E-state index in [-0.39, 0.29) is 11.9 Å². The van der Waals surface area contributed by atoms with Crippen molar-refractivity contribution in [2.75, 3.05) is 11.0 Å². The number of carbonyl (C=O) groups excluding carboxylic acids is 1. The van der Waals surface area contributed by atoms with E-state index in [0.29, 0.717) is 23.4 Å². The van der Waals surface area contributed by atoms with Crippen molar-refractivity contribution in [2.45, 2.75) is 19.4 Å². The van der Waals surface area contributed by atoms with E-state index < -0.39 is 10.0 Å². The second-order valence-electron chi connectivity index (χ2n) is 6.85. The summed E-state index contributed by atoms with van der Waals surface area (Å²) in [4.78, 5) is 20.9. The van der Waals surface area contributed by atoms with Crippen LogP contribution in [0.3, 0.4) is 0 Å². The van der Waals surface area contributed by atoms with Gasteiger partial charge in [0.05, 0.1) is 34.7 Å². The number of fused-ring (bicyclic) bond motifs is 1. The van der Waals surface area contributed by atoms with Crippen LogP contribution < -0.4 is 4.72 Å². The first-order valence-corrected chi connectivity index (χ1v) is 10.9. The van der Waals surface area contributed by atoms with Gasteiger partial charge in [0, 0.05) is 31.3 Å². The van der Waals surface area contributed by atoms with E-state index in [2.05, 4.69) is 19.8 Å². The number of rotatable bonds is 4. The molecule has 2 aromatic carbocycles. The summed E-state index contributed by atoms with van der Waals surface area (Å²) >= 11 is 0. The number of nitrogens with one attached hydrogen (secondary N) is 1. The third-order valence-electron chi connectivity index (χ3n) is 4.64. The Morgan fingerprint density at radius 2 is 1.83 bits per heavy atom. The molecule has 1 atom stereocenters. The monoisotopic (exact) mass is 409 g/mol. The number of hydrogen-bond acceptors (Lipinski definition) is 6. The molecule has 0 fully saturated rings. The smallest absolute Gasteiger partial charge is 0.240 e. The summed E-state index contributed by atoms with van der Waals surface area (Å²) in [5, 5.41) is 5.95. The molecule has 1 aromatic heterocycles. The zero-order chi connectivity index (χ0) is 20.6. The molecule has 3 aromatic rings. The van der Waals surface area contributed by atoms with Crippen molar-refractivity contribution in [1.82, 2.24) is 15.0 Å². The van der Waals surface area contributed by atoms with Crippen molar-refractivity contribution < 1.29 is 13.2 Å². The Hall–Kier alpha value is -3.33. The largest absolute Gasteiger partial charge is 0.283 e. The lowest BCUT2D eigenvalue weighted by Crippen LogP contribution is -2.24. The van der Waals surface area contributed by atoms with Gasteiger partial charge in [-0.1, -0.05) is 24.3 Å². The van der Waals surface area contributed by atoms with Gasteiger partial charge < -0.3 is 0 Å². The lowest BCUT2D eigenvalue weighted by molar-refractivity contribution is -0.130. The predicted octanol–water partition coefficient (Wildman–Crippen LogP) is 2.70. The second kappa shape index (κ2) is 7.25. The van der Waals surface area contributed by atoms with Crippen molar-refractivity contribution in [2.24, 2.45) is 5.10 Å². The molecule has 0 radical (unpaired) electrons. The molecule has 1 aliphatic heterocycles. The molecule has 0 spiro atoms. The number of hydrogen-bond donors (Lipinski definition) is 1. The summed E-state index contributed by atoms with van der Waals surface area (Å²) in [6.07, 6.45) is 4.81. The fourth-order valence-electron chi connectivity index (χ4n) is 3.43. The lowest BCUT2D eigenvalue weighted by atomic mass is 9.97. The topological polar surface area (TPSA) is 105 Å². The highest BCUT2D eigenvalue weighted by Crippen LogP contribution is 2.35. The lowest BCUT2D eigenvalue weighted by Gasteiger charge is -2.20. The Balaban J connectivity index is 1.73. The van der Waals surface area contributed by atoms with Gasteiger partial charge in [-0.05, 0) is 23.8 Å². The normalized spacial score (nSPS) is 16.7. The molecule has 0 bridgehead atoms. The van der Waals surface area contributed by atoms with Crippen LogP contribution in [0.5, 0.6) is 0 Å². The maximum Gasteiger partial charge on any atom is 0.240 e. The van der Waals surface area contributed by atoms with Gasteiger partial charge in [-0.3, -0.25) is 19.5 Å². The minimum atomic E-state index is -3.45. The van der Waals surface area contributed by atoms with Crippen molar-refractivity contribution in [3.05, 3.63) is 66.0 Å². The van der Waals surface area contributed by atoms with Crippen LogP contribution >= 0.6 is 0 Å². The second-order valence-corrected chi connectivity index (χ2v) is 8.60. The number of para-hydroxylation sites is 1. The van der Waals surface area contributed by atoms with Gasteiger partial charge in [0.2, 0.25) is 15.9 Å². The van der Waals surface area contributed by atoms with Crippen molar-refractivity contribution in [1.29, 1.82) is 0 Å². The van der Waals surface area contributed by atoms with Crippen LogP contribution in [-0.2, 0) is 14.8 Å². The van der Waals surface area contributed by atoms with Crippen LogP contribution in [0.15, 0.2) is 60.0 Å². The van der Waals surface area contributed by atoms with Gasteiger partial charge in [-0.25, -0.2) is 13.4 Å². The average Bonchev–Trinajstić information content (AvgIpc) is 3.12. The van der Waals surface area contributed by atoms with E-state index in [9.17, 15) is 13.2 Å². The number of aromatic nitrogens is 2. The van der Waals surface area contributed by atoms with Crippen molar-refractivity contribution in [3.8, 4) is 0 Å². The Labute approximate surface area is 168 Å². The number of carbonyl (C=O) groups is 1. The molecule has 1 N–H and O–H groups in total. The van der Waals surface area contributed by atoms with Gasteiger partial charge in [0.25, 0.3) is 0 Å². The molecular weight excluding hydrogens is 390 g/mol. The van der Waals surface area contributed by atoms with Crippen LogP contribution in [0.1, 0.15) is 30.5 Å². The summed E-state index contributed by atoms with van der Waals surface area (Å²) in [7, 11) is -3.45. The van der Waals surface area contributed by atoms with Gasteiger partial charge in [0.1, 0.15) is 0 Å². The molecule has 4 rings (SSSR count). The molecule has 0 saturated carbocycles. The van der Waals surface area contributed by atoms with Crippen LogP contribution in [0.4, 0.5) is 5.69 Å². The van der Waals surface area contributed by atoms with Gasteiger partial charge >= 0.3 is 0 Å². The van der Waals surface area contributed by atoms with Gasteiger partial charge in [0.15, 0.2) is 0 Å². The standard InChI is InChI=1S/C20H19N5O3S/c1-13(26)25-20(14-7-8-17-19(11-14)22-10-9-21-17)12-18(23-25)15-5-3-4-6-16(15)24-29(2,27)28/h3-11,20,24H,12H2,1-2H3/t20-/m1/s1. The maximum atomic E-state index is 12.3. The molecule has 1 aliphatic rings. The Bertz CT molecular complexity index is 1240. The zero-order valence-electron chi connectivity index (χ0n) is 15.9. The number of benzene rings is 2. The Morgan fingerprint density at radius 1 is 1.10 bits per heavy atom. The highest BCUT2D eigenvalue weighted by Gasteiger charge is 2.32. The van der Waals surface area contributed by atoms with Crippen LogP contribution in [0, 0.1) is 0 Å². The number of anilines is 1. The van der Waals surface area contributed by atoms with E-state index in [1.807, 2.05) is 24.3 Å². The number of sulfonamides is 1. The Morgan fingerprint density at radius 3 is 2.55 bits per heavy atom.